The average Bonchev–Trinajstić information content (AvgIpc) is 2.74. The molecule has 0 radical (unpaired) electrons. The fourth-order valence-electron chi connectivity index (χ4n) is 1.95. The van der Waals surface area contributed by atoms with Crippen molar-refractivity contribution in [3.8, 4) is 0 Å². The summed E-state index contributed by atoms with van der Waals surface area (Å²) >= 11 is 0. The molecule has 0 aromatic heterocycles. The Balaban J connectivity index is 2.71. The summed E-state index contributed by atoms with van der Waals surface area (Å²) in [5, 5.41) is 2.59. The topological polar surface area (TPSA) is 75.4 Å². The zero-order chi connectivity index (χ0) is 12.3. The van der Waals surface area contributed by atoms with Gasteiger partial charge in [0.2, 0.25) is 11.8 Å². The number of nitrogens with zero attached hydrogens (tertiary/aromatic N) is 1. The SMILES string of the molecule is CNC(=O)C1CCCN1C(=O)C(N)C(C)C. The van der Waals surface area contributed by atoms with E-state index in [0.29, 0.717) is 6.54 Å². The van der Waals surface area contributed by atoms with E-state index in [1.807, 2.05) is 13.8 Å². The number of likely N-dealkylation sites (tertiary alicyclic amines) is 1. The Morgan fingerprint density at radius 2 is 2.06 bits per heavy atom. The Bertz CT molecular complexity index is 278. The van der Waals surface area contributed by atoms with E-state index >= 15 is 0 Å². The molecule has 2 unspecified atom stereocenters. The van der Waals surface area contributed by atoms with Crippen LogP contribution in [0.2, 0.25) is 0 Å². The summed E-state index contributed by atoms with van der Waals surface area (Å²) < 4.78 is 0. The van der Waals surface area contributed by atoms with Crippen molar-refractivity contribution in [2.24, 2.45) is 11.7 Å². The Labute approximate surface area is 96.4 Å². The van der Waals surface area contributed by atoms with Gasteiger partial charge in [0.05, 0.1) is 6.04 Å². The largest absolute Gasteiger partial charge is 0.357 e. The van der Waals surface area contributed by atoms with Gasteiger partial charge in [0.25, 0.3) is 0 Å². The van der Waals surface area contributed by atoms with Crippen molar-refractivity contribution < 1.29 is 9.59 Å². The fraction of sp³-hybridized carbons (Fsp3) is 0.818. The predicted molar refractivity (Wildman–Crippen MR) is 61.6 cm³/mol. The molecule has 1 aliphatic rings. The van der Waals surface area contributed by atoms with Gasteiger partial charge in [-0.05, 0) is 18.8 Å². The van der Waals surface area contributed by atoms with Crippen molar-refractivity contribution in [3.63, 3.8) is 0 Å². The predicted octanol–water partition coefficient (Wildman–Crippen LogP) is -0.293. The summed E-state index contributed by atoms with van der Waals surface area (Å²) in [4.78, 5) is 25.2. The van der Waals surface area contributed by atoms with E-state index in [1.165, 1.54) is 0 Å². The van der Waals surface area contributed by atoms with E-state index in [9.17, 15) is 9.59 Å². The van der Waals surface area contributed by atoms with Gasteiger partial charge < -0.3 is 16.0 Å². The molecule has 1 aliphatic heterocycles. The highest BCUT2D eigenvalue weighted by Crippen LogP contribution is 2.19. The average molecular weight is 227 g/mol. The van der Waals surface area contributed by atoms with Gasteiger partial charge in [-0.25, -0.2) is 0 Å². The minimum Gasteiger partial charge on any atom is -0.357 e. The number of nitrogens with two attached hydrogens (primary N) is 1. The van der Waals surface area contributed by atoms with Crippen LogP contribution in [0.25, 0.3) is 0 Å². The first kappa shape index (κ1) is 13.0. The van der Waals surface area contributed by atoms with Crippen LogP contribution in [-0.4, -0.2) is 42.4 Å². The number of rotatable bonds is 3. The number of hydrogen-bond acceptors (Lipinski definition) is 3. The molecule has 0 aromatic rings. The highest BCUT2D eigenvalue weighted by atomic mass is 16.2. The van der Waals surface area contributed by atoms with Crippen molar-refractivity contribution >= 4 is 11.8 Å². The maximum absolute atomic E-state index is 12.0. The molecule has 2 amide bonds. The first-order chi connectivity index (χ1) is 7.49. The number of carbonyl (C=O) groups excluding carboxylic acids is 2. The zero-order valence-corrected chi connectivity index (χ0v) is 10.2. The van der Waals surface area contributed by atoms with Gasteiger partial charge in [-0.1, -0.05) is 13.8 Å². The van der Waals surface area contributed by atoms with Crippen LogP contribution in [0.5, 0.6) is 0 Å². The standard InChI is InChI=1S/C11H21N3O2/c1-7(2)9(12)11(16)14-6-4-5-8(14)10(15)13-3/h7-9H,4-6,12H2,1-3H3,(H,13,15). The summed E-state index contributed by atoms with van der Waals surface area (Å²) in [6, 6.07) is -0.840. The van der Waals surface area contributed by atoms with Crippen LogP contribution in [0.3, 0.4) is 0 Å². The number of nitrogens with one attached hydrogen (secondary N) is 1. The maximum Gasteiger partial charge on any atom is 0.242 e. The second kappa shape index (κ2) is 5.30. The van der Waals surface area contributed by atoms with E-state index in [0.717, 1.165) is 12.8 Å². The number of amides is 2. The highest BCUT2D eigenvalue weighted by molar-refractivity contribution is 5.90. The molecule has 3 N–H and O–H groups in total. The molecule has 0 bridgehead atoms. The van der Waals surface area contributed by atoms with Crippen molar-refractivity contribution in [1.82, 2.24) is 10.2 Å². The van der Waals surface area contributed by atoms with E-state index in [4.69, 9.17) is 5.73 Å². The lowest BCUT2D eigenvalue weighted by Gasteiger charge is -2.27. The summed E-state index contributed by atoms with van der Waals surface area (Å²) in [5.74, 6) is -0.110. The first-order valence-corrected chi connectivity index (χ1v) is 5.76. The van der Waals surface area contributed by atoms with E-state index < -0.39 is 6.04 Å². The van der Waals surface area contributed by atoms with Crippen molar-refractivity contribution in [3.05, 3.63) is 0 Å². The van der Waals surface area contributed by atoms with Crippen molar-refractivity contribution in [2.75, 3.05) is 13.6 Å². The number of carbonyl (C=O) groups is 2. The normalized spacial score (nSPS) is 22.3. The van der Waals surface area contributed by atoms with Crippen molar-refractivity contribution in [1.29, 1.82) is 0 Å². The lowest BCUT2D eigenvalue weighted by molar-refractivity contribution is -0.139. The van der Waals surface area contributed by atoms with Gasteiger partial charge in [-0.2, -0.15) is 0 Å². The molecule has 0 saturated carbocycles. The van der Waals surface area contributed by atoms with Gasteiger partial charge in [-0.15, -0.1) is 0 Å². The highest BCUT2D eigenvalue weighted by Gasteiger charge is 2.36. The van der Waals surface area contributed by atoms with Crippen LogP contribution in [0, 0.1) is 5.92 Å². The smallest absolute Gasteiger partial charge is 0.242 e. The second-order valence-corrected chi connectivity index (χ2v) is 4.57. The molecule has 0 aliphatic carbocycles. The Kier molecular flexibility index (Phi) is 4.29. The second-order valence-electron chi connectivity index (χ2n) is 4.57. The minimum atomic E-state index is -0.509. The Morgan fingerprint density at radius 1 is 1.44 bits per heavy atom. The van der Waals surface area contributed by atoms with E-state index in [2.05, 4.69) is 5.32 Å². The van der Waals surface area contributed by atoms with Crippen LogP contribution in [0.15, 0.2) is 0 Å². The van der Waals surface area contributed by atoms with Crippen LogP contribution < -0.4 is 11.1 Å². The lowest BCUT2D eigenvalue weighted by atomic mass is 10.0. The Hall–Kier alpha value is -1.10. The van der Waals surface area contributed by atoms with Crippen LogP contribution in [0.4, 0.5) is 0 Å². The third-order valence-electron chi connectivity index (χ3n) is 3.09. The quantitative estimate of drug-likeness (QED) is 0.695. The summed E-state index contributed by atoms with van der Waals surface area (Å²) in [6.07, 6.45) is 1.60. The van der Waals surface area contributed by atoms with E-state index in [-0.39, 0.29) is 23.8 Å². The molecule has 1 fully saturated rings. The molecule has 92 valence electrons. The molecule has 5 heteroatoms. The minimum absolute atomic E-state index is 0.0955. The van der Waals surface area contributed by atoms with Crippen molar-refractivity contribution in [2.45, 2.75) is 38.8 Å². The Morgan fingerprint density at radius 3 is 2.56 bits per heavy atom. The zero-order valence-electron chi connectivity index (χ0n) is 10.2. The van der Waals surface area contributed by atoms with Gasteiger partial charge in [-0.3, -0.25) is 9.59 Å². The van der Waals surface area contributed by atoms with Gasteiger partial charge >= 0.3 is 0 Å². The lowest BCUT2D eigenvalue weighted by Crippen LogP contribution is -2.52. The molecule has 0 aromatic carbocycles. The summed E-state index contributed by atoms with van der Waals surface area (Å²) in [6.45, 7) is 4.46. The van der Waals surface area contributed by atoms with Crippen LogP contribution in [0.1, 0.15) is 26.7 Å². The molecule has 16 heavy (non-hydrogen) atoms. The number of hydrogen-bond donors (Lipinski definition) is 2. The molecule has 2 atom stereocenters. The summed E-state index contributed by atoms with van der Waals surface area (Å²) in [5.41, 5.74) is 5.82. The fourth-order valence-corrected chi connectivity index (χ4v) is 1.95. The molecule has 5 nitrogen and oxygen atoms in total. The molecule has 1 rings (SSSR count). The summed E-state index contributed by atoms with van der Waals surface area (Å²) in [7, 11) is 1.59. The van der Waals surface area contributed by atoms with Gasteiger partial charge in [0.1, 0.15) is 6.04 Å². The van der Waals surface area contributed by atoms with Crippen LogP contribution >= 0.6 is 0 Å². The molecular formula is C11H21N3O2. The maximum atomic E-state index is 12.0. The molecular weight excluding hydrogens is 206 g/mol. The molecule has 1 heterocycles. The monoisotopic (exact) mass is 227 g/mol. The molecule has 1 saturated heterocycles. The van der Waals surface area contributed by atoms with E-state index in [1.54, 1.807) is 11.9 Å². The van der Waals surface area contributed by atoms with Gasteiger partial charge in [0, 0.05) is 13.6 Å². The molecule has 0 spiro atoms. The number of likely N-dealkylation sites (N-methyl/N-ethyl adjacent to an activating group) is 1. The third kappa shape index (κ3) is 2.52. The van der Waals surface area contributed by atoms with Crippen LogP contribution in [-0.2, 0) is 9.59 Å². The third-order valence-corrected chi connectivity index (χ3v) is 3.09. The van der Waals surface area contributed by atoms with Gasteiger partial charge in [0.15, 0.2) is 0 Å². The first-order valence-electron chi connectivity index (χ1n) is 5.76.